The molecular formula is C38H72O6SSi2. The van der Waals surface area contributed by atoms with Crippen molar-refractivity contribution in [3.8, 4) is 0 Å². The van der Waals surface area contributed by atoms with Crippen LogP contribution in [0.1, 0.15) is 133 Å². The molecule has 0 spiro atoms. The molecule has 0 fully saturated rings. The molecule has 0 aromatic rings. The van der Waals surface area contributed by atoms with Gasteiger partial charge in [-0.3, -0.25) is 9.59 Å². The van der Waals surface area contributed by atoms with Crippen LogP contribution in [-0.2, 0) is 27.9 Å². The summed E-state index contributed by atoms with van der Waals surface area (Å²) in [6.45, 7) is 29.7. The standard InChI is InChI=1S/C38H72O6SSi2/c1-15-17-22-29(3)27-30(43-46(11,12)37(4,5)6)24-25-31-32(44-47(13,14)38(7,8)9)28-33(42-35(40)21-16-2)36(31)45-26-20-18-19-23-34(39)41-10/h24-25,29-32H,15-23,26-28H2,1-14H3/b25-24+/t29-,30-,31+,32-/m1/s1. The second-order valence-corrected chi connectivity index (χ2v) is 27.3. The normalized spacial score (nSPS) is 19.4. The van der Waals surface area contributed by atoms with E-state index in [1.165, 1.54) is 26.4 Å². The fourth-order valence-electron chi connectivity index (χ4n) is 5.17. The summed E-state index contributed by atoms with van der Waals surface area (Å²) in [5, 5.41) is 0.168. The Labute approximate surface area is 296 Å². The van der Waals surface area contributed by atoms with Gasteiger partial charge >= 0.3 is 11.9 Å². The fraction of sp³-hybridized carbons (Fsp3) is 0.842. The number of unbranched alkanes of at least 4 members (excludes halogenated alkanes) is 3. The van der Waals surface area contributed by atoms with Crippen LogP contribution in [0.25, 0.3) is 0 Å². The molecule has 1 aliphatic rings. The quantitative estimate of drug-likeness (QED) is 0.0508. The molecule has 0 aromatic carbocycles. The van der Waals surface area contributed by atoms with Crippen LogP contribution in [0.15, 0.2) is 22.8 Å². The second-order valence-electron chi connectivity index (χ2n) is 16.7. The highest BCUT2D eigenvalue weighted by Crippen LogP contribution is 2.47. The maximum Gasteiger partial charge on any atom is 0.310 e. The third-order valence-electron chi connectivity index (χ3n) is 10.3. The van der Waals surface area contributed by atoms with Gasteiger partial charge in [0.1, 0.15) is 5.76 Å². The first-order chi connectivity index (χ1) is 21.7. The molecule has 0 unspecified atom stereocenters. The zero-order valence-corrected chi connectivity index (χ0v) is 35.6. The van der Waals surface area contributed by atoms with Crippen molar-refractivity contribution in [3.05, 3.63) is 22.8 Å². The van der Waals surface area contributed by atoms with E-state index >= 15 is 0 Å². The number of carbonyl (C=O) groups is 2. The van der Waals surface area contributed by atoms with Crippen molar-refractivity contribution in [3.63, 3.8) is 0 Å². The minimum absolute atomic E-state index is 0.00918. The van der Waals surface area contributed by atoms with Crippen LogP contribution in [0.5, 0.6) is 0 Å². The Kier molecular flexibility index (Phi) is 18.9. The summed E-state index contributed by atoms with van der Waals surface area (Å²) in [4.78, 5) is 25.6. The Morgan fingerprint density at radius 2 is 1.53 bits per heavy atom. The molecule has 9 heteroatoms. The van der Waals surface area contributed by atoms with Crippen LogP contribution >= 0.6 is 11.8 Å². The van der Waals surface area contributed by atoms with Crippen LogP contribution in [0.4, 0.5) is 0 Å². The first kappa shape index (κ1) is 44.1. The largest absolute Gasteiger partial charge is 0.469 e. The molecule has 0 N–H and O–H groups in total. The van der Waals surface area contributed by atoms with Gasteiger partial charge in [0.2, 0.25) is 0 Å². The number of methoxy groups -OCH3 is 1. The lowest BCUT2D eigenvalue weighted by molar-refractivity contribution is -0.141. The average molecular weight is 713 g/mol. The van der Waals surface area contributed by atoms with Crippen molar-refractivity contribution in [2.24, 2.45) is 11.8 Å². The Bertz CT molecular complexity index is 1020. The lowest BCUT2D eigenvalue weighted by atomic mass is 9.96. The van der Waals surface area contributed by atoms with Crippen molar-refractivity contribution < 1.29 is 27.9 Å². The second kappa shape index (κ2) is 20.1. The van der Waals surface area contributed by atoms with E-state index in [0.717, 1.165) is 48.5 Å². The lowest BCUT2D eigenvalue weighted by Crippen LogP contribution is -2.45. The molecule has 0 heterocycles. The monoisotopic (exact) mass is 712 g/mol. The molecule has 4 atom stereocenters. The SMILES string of the molecule is CCCC[C@@H](C)C[C@@H](/C=C/[C@@H]1C(SCCCCCC(=O)OC)=C(OC(=O)CCC)C[C@H]1O[Si](C)(C)C(C)(C)C)O[Si](C)(C)C(C)(C)C. The molecule has 1 aliphatic carbocycles. The molecule has 0 saturated heterocycles. The zero-order valence-electron chi connectivity index (χ0n) is 32.8. The van der Waals surface area contributed by atoms with Gasteiger partial charge in [-0.1, -0.05) is 100 Å². The first-order valence-corrected chi connectivity index (χ1v) is 25.2. The van der Waals surface area contributed by atoms with Crippen LogP contribution in [0.2, 0.25) is 36.3 Å². The maximum atomic E-state index is 12.9. The predicted octanol–water partition coefficient (Wildman–Crippen LogP) is 11.6. The summed E-state index contributed by atoms with van der Waals surface area (Å²) in [6.07, 6.45) is 14.2. The molecular weight excluding hydrogens is 641 g/mol. The minimum atomic E-state index is -2.13. The Balaban J connectivity index is 3.53. The average Bonchev–Trinajstić information content (AvgIpc) is 3.25. The number of thioether (sulfide) groups is 1. The number of hydrogen-bond acceptors (Lipinski definition) is 7. The third kappa shape index (κ3) is 15.3. The molecule has 47 heavy (non-hydrogen) atoms. The van der Waals surface area contributed by atoms with E-state index in [0.29, 0.717) is 25.2 Å². The lowest BCUT2D eigenvalue weighted by Gasteiger charge is -2.40. The summed E-state index contributed by atoms with van der Waals surface area (Å²) in [7, 11) is -2.71. The number of ether oxygens (including phenoxy) is 2. The number of hydrogen-bond donors (Lipinski definition) is 0. The summed E-state index contributed by atoms with van der Waals surface area (Å²) in [5.74, 6) is 1.90. The highest BCUT2D eigenvalue weighted by Gasteiger charge is 2.45. The van der Waals surface area contributed by atoms with Crippen molar-refractivity contribution in [1.82, 2.24) is 0 Å². The van der Waals surface area contributed by atoms with E-state index in [1.54, 1.807) is 11.8 Å². The topological polar surface area (TPSA) is 71.1 Å². The minimum Gasteiger partial charge on any atom is -0.469 e. The fourth-order valence-corrected chi connectivity index (χ4v) is 9.07. The van der Waals surface area contributed by atoms with Gasteiger partial charge in [-0.2, -0.15) is 0 Å². The molecule has 0 saturated carbocycles. The van der Waals surface area contributed by atoms with Crippen molar-refractivity contribution >= 4 is 40.3 Å². The van der Waals surface area contributed by atoms with Crippen LogP contribution in [0.3, 0.4) is 0 Å². The Morgan fingerprint density at radius 1 is 0.894 bits per heavy atom. The maximum absolute atomic E-state index is 12.9. The molecule has 0 amide bonds. The van der Waals surface area contributed by atoms with E-state index in [4.69, 9.17) is 18.3 Å². The third-order valence-corrected chi connectivity index (χ3v) is 20.6. The molecule has 6 nitrogen and oxygen atoms in total. The van der Waals surface area contributed by atoms with Gasteiger partial charge in [-0.15, -0.1) is 11.8 Å². The van der Waals surface area contributed by atoms with E-state index in [-0.39, 0.29) is 40.1 Å². The van der Waals surface area contributed by atoms with Gasteiger partial charge in [-0.05, 0) is 73.6 Å². The Morgan fingerprint density at radius 3 is 2.09 bits per heavy atom. The van der Waals surface area contributed by atoms with E-state index in [9.17, 15) is 9.59 Å². The van der Waals surface area contributed by atoms with Crippen LogP contribution in [-0.4, -0.2) is 53.6 Å². The number of rotatable bonds is 21. The van der Waals surface area contributed by atoms with Gasteiger partial charge in [-0.25, -0.2) is 0 Å². The van der Waals surface area contributed by atoms with Crippen molar-refractivity contribution in [2.45, 2.75) is 181 Å². The summed E-state index contributed by atoms with van der Waals surface area (Å²) >= 11 is 1.79. The highest BCUT2D eigenvalue weighted by molar-refractivity contribution is 8.03. The van der Waals surface area contributed by atoms with E-state index in [1.807, 2.05) is 6.92 Å². The smallest absolute Gasteiger partial charge is 0.310 e. The molecule has 0 bridgehead atoms. The number of esters is 2. The van der Waals surface area contributed by atoms with E-state index < -0.39 is 16.6 Å². The highest BCUT2D eigenvalue weighted by atomic mass is 32.2. The number of carbonyl (C=O) groups excluding carboxylic acids is 2. The molecule has 0 radical (unpaired) electrons. The van der Waals surface area contributed by atoms with Gasteiger partial charge in [0.25, 0.3) is 0 Å². The van der Waals surface area contributed by atoms with Crippen LogP contribution < -0.4 is 0 Å². The predicted molar refractivity (Wildman–Crippen MR) is 206 cm³/mol. The molecule has 0 aromatic heterocycles. The van der Waals surface area contributed by atoms with Crippen molar-refractivity contribution in [1.29, 1.82) is 0 Å². The summed E-state index contributed by atoms with van der Waals surface area (Å²) in [6, 6.07) is 0. The Hall–Kier alpha value is -0.876. The van der Waals surface area contributed by atoms with Crippen molar-refractivity contribution in [2.75, 3.05) is 12.9 Å². The van der Waals surface area contributed by atoms with Gasteiger partial charge in [0.05, 0.1) is 19.3 Å². The summed E-state index contributed by atoms with van der Waals surface area (Å²) in [5.41, 5.74) is 0. The molecule has 0 aliphatic heterocycles. The summed E-state index contributed by atoms with van der Waals surface area (Å²) < 4.78 is 25.2. The first-order valence-electron chi connectivity index (χ1n) is 18.4. The van der Waals surface area contributed by atoms with Gasteiger partial charge < -0.3 is 18.3 Å². The van der Waals surface area contributed by atoms with Gasteiger partial charge in [0, 0.05) is 30.1 Å². The molecule has 1 rings (SSSR count). The van der Waals surface area contributed by atoms with Crippen LogP contribution in [0, 0.1) is 11.8 Å². The molecule has 274 valence electrons. The van der Waals surface area contributed by atoms with Gasteiger partial charge in [0.15, 0.2) is 16.6 Å². The van der Waals surface area contributed by atoms with E-state index in [2.05, 4.69) is 93.7 Å². The zero-order chi connectivity index (χ0) is 36.1.